The molecule has 0 unspecified atom stereocenters. The van der Waals surface area contributed by atoms with Crippen molar-refractivity contribution in [3.05, 3.63) is 71.8 Å². The summed E-state index contributed by atoms with van der Waals surface area (Å²) in [5, 5.41) is 0. The maximum atomic E-state index is 11.5. The summed E-state index contributed by atoms with van der Waals surface area (Å²) in [5.41, 5.74) is 2.40. The molecule has 2 atom stereocenters. The Bertz CT molecular complexity index is 631. The quantitative estimate of drug-likeness (QED) is 0.479. The number of aldehydes is 1. The second-order valence-electron chi connectivity index (χ2n) is 6.51. The molecule has 0 aliphatic rings. The Balaban J connectivity index is 2.20. The Kier molecular flexibility index (Phi) is 8.03. The van der Waals surface area contributed by atoms with Crippen molar-refractivity contribution in [1.82, 2.24) is 4.90 Å². The Hall–Kier alpha value is -2.46. The molecule has 0 saturated carbocycles. The van der Waals surface area contributed by atoms with Gasteiger partial charge in [0.15, 0.2) is 0 Å². The summed E-state index contributed by atoms with van der Waals surface area (Å²) in [4.78, 5) is 24.6. The monoisotopic (exact) mass is 353 g/mol. The van der Waals surface area contributed by atoms with Crippen molar-refractivity contribution in [2.24, 2.45) is 0 Å². The minimum atomic E-state index is -0.315. The van der Waals surface area contributed by atoms with Crippen molar-refractivity contribution in [1.29, 1.82) is 0 Å². The van der Waals surface area contributed by atoms with Crippen molar-refractivity contribution >= 4 is 12.3 Å². The van der Waals surface area contributed by atoms with Gasteiger partial charge in [-0.15, -0.1) is 0 Å². The first-order valence-corrected chi connectivity index (χ1v) is 9.03. The molecular weight excluding hydrogens is 326 g/mol. The van der Waals surface area contributed by atoms with Gasteiger partial charge in [0.1, 0.15) is 12.4 Å². The first-order chi connectivity index (χ1) is 12.6. The molecule has 0 amide bonds. The van der Waals surface area contributed by atoms with E-state index in [1.165, 1.54) is 18.1 Å². The number of ether oxygens (including phenoxy) is 1. The Morgan fingerprint density at radius 3 is 1.92 bits per heavy atom. The third kappa shape index (κ3) is 6.45. The summed E-state index contributed by atoms with van der Waals surface area (Å²) < 4.78 is 5.53. The standard InChI is InChI=1S/C22H27NO3/c1-18(22(14-9-15-24)26-19(2)25)23(16-20-10-5-3-6-11-20)17-21-12-7-4-8-13-21/h3-8,10-13,15,18,22H,9,14,16-17H2,1-2H3/t18-,22+/m0/s1. The molecule has 26 heavy (non-hydrogen) atoms. The summed E-state index contributed by atoms with van der Waals surface area (Å²) in [6.45, 7) is 4.97. The highest BCUT2D eigenvalue weighted by atomic mass is 16.5. The number of nitrogens with zero attached hydrogens (tertiary/aromatic N) is 1. The number of carbonyl (C=O) groups excluding carboxylic acids is 2. The van der Waals surface area contributed by atoms with Crippen LogP contribution in [0.15, 0.2) is 60.7 Å². The summed E-state index contributed by atoms with van der Waals surface area (Å²) >= 11 is 0. The summed E-state index contributed by atoms with van der Waals surface area (Å²) in [6.07, 6.45) is 1.48. The molecule has 4 nitrogen and oxygen atoms in total. The van der Waals surface area contributed by atoms with Crippen LogP contribution in [-0.4, -0.2) is 29.3 Å². The molecule has 0 aliphatic heterocycles. The van der Waals surface area contributed by atoms with Gasteiger partial charge in [-0.2, -0.15) is 0 Å². The SMILES string of the molecule is CC(=O)O[C@H](CCC=O)[C@H](C)N(Cc1ccccc1)Cc1ccccc1. The van der Waals surface area contributed by atoms with Crippen LogP contribution in [0.1, 0.15) is 37.8 Å². The number of hydrogen-bond acceptors (Lipinski definition) is 4. The van der Waals surface area contributed by atoms with Crippen LogP contribution in [0.3, 0.4) is 0 Å². The largest absolute Gasteiger partial charge is 0.461 e. The van der Waals surface area contributed by atoms with Crippen molar-refractivity contribution in [3.63, 3.8) is 0 Å². The number of hydrogen-bond donors (Lipinski definition) is 0. The second kappa shape index (κ2) is 10.5. The Morgan fingerprint density at radius 2 is 1.50 bits per heavy atom. The van der Waals surface area contributed by atoms with E-state index in [1.807, 2.05) is 36.4 Å². The van der Waals surface area contributed by atoms with E-state index >= 15 is 0 Å². The van der Waals surface area contributed by atoms with Gasteiger partial charge in [-0.25, -0.2) is 0 Å². The van der Waals surface area contributed by atoms with E-state index in [0.29, 0.717) is 12.8 Å². The van der Waals surface area contributed by atoms with E-state index in [0.717, 1.165) is 19.4 Å². The molecule has 0 aromatic heterocycles. The lowest BCUT2D eigenvalue weighted by Gasteiger charge is -2.34. The van der Waals surface area contributed by atoms with Crippen LogP contribution >= 0.6 is 0 Å². The molecule has 4 heteroatoms. The van der Waals surface area contributed by atoms with Gasteiger partial charge < -0.3 is 9.53 Å². The van der Waals surface area contributed by atoms with Gasteiger partial charge in [0.05, 0.1) is 0 Å². The Morgan fingerprint density at radius 1 is 1.00 bits per heavy atom. The van der Waals surface area contributed by atoms with E-state index in [4.69, 9.17) is 4.74 Å². The molecule has 0 aliphatic carbocycles. The van der Waals surface area contributed by atoms with Crippen molar-refractivity contribution in [2.45, 2.75) is 51.9 Å². The van der Waals surface area contributed by atoms with Crippen LogP contribution < -0.4 is 0 Å². The lowest BCUT2D eigenvalue weighted by Crippen LogP contribution is -2.42. The molecule has 0 radical (unpaired) electrons. The molecule has 0 N–H and O–H groups in total. The lowest BCUT2D eigenvalue weighted by molar-refractivity contribution is -0.150. The summed E-state index contributed by atoms with van der Waals surface area (Å²) in [7, 11) is 0. The van der Waals surface area contributed by atoms with Gasteiger partial charge in [-0.05, 0) is 24.5 Å². The summed E-state index contributed by atoms with van der Waals surface area (Å²) in [5.74, 6) is -0.313. The van der Waals surface area contributed by atoms with E-state index in [9.17, 15) is 9.59 Å². The van der Waals surface area contributed by atoms with Gasteiger partial charge >= 0.3 is 5.97 Å². The molecule has 0 heterocycles. The average molecular weight is 353 g/mol. The first kappa shape index (κ1) is 19.9. The highest BCUT2D eigenvalue weighted by Gasteiger charge is 2.26. The molecule has 2 aromatic carbocycles. The molecule has 138 valence electrons. The normalized spacial score (nSPS) is 13.2. The van der Waals surface area contributed by atoms with Crippen LogP contribution in [0.25, 0.3) is 0 Å². The Labute approximate surface area is 155 Å². The molecule has 0 saturated heterocycles. The molecule has 2 aromatic rings. The van der Waals surface area contributed by atoms with Crippen molar-refractivity contribution in [3.8, 4) is 0 Å². The number of rotatable bonds is 10. The first-order valence-electron chi connectivity index (χ1n) is 9.03. The van der Waals surface area contributed by atoms with Crippen molar-refractivity contribution < 1.29 is 14.3 Å². The highest BCUT2D eigenvalue weighted by Crippen LogP contribution is 2.19. The van der Waals surface area contributed by atoms with Crippen LogP contribution in [-0.2, 0) is 27.4 Å². The average Bonchev–Trinajstić information content (AvgIpc) is 2.65. The maximum absolute atomic E-state index is 11.5. The number of carbonyl (C=O) groups is 2. The minimum Gasteiger partial charge on any atom is -0.461 e. The minimum absolute atomic E-state index is 0.0146. The smallest absolute Gasteiger partial charge is 0.302 e. The molecule has 0 bridgehead atoms. The summed E-state index contributed by atoms with van der Waals surface area (Å²) in [6, 6.07) is 20.5. The van der Waals surface area contributed by atoms with Crippen LogP contribution in [0, 0.1) is 0 Å². The zero-order chi connectivity index (χ0) is 18.8. The van der Waals surface area contributed by atoms with Gasteiger partial charge in [0.2, 0.25) is 0 Å². The van der Waals surface area contributed by atoms with Crippen LogP contribution in [0.5, 0.6) is 0 Å². The van der Waals surface area contributed by atoms with Gasteiger partial charge in [-0.3, -0.25) is 9.69 Å². The fraction of sp³-hybridized carbons (Fsp3) is 0.364. The van der Waals surface area contributed by atoms with Gasteiger partial charge in [0.25, 0.3) is 0 Å². The van der Waals surface area contributed by atoms with E-state index in [-0.39, 0.29) is 18.1 Å². The van der Waals surface area contributed by atoms with E-state index < -0.39 is 0 Å². The topological polar surface area (TPSA) is 46.6 Å². The van der Waals surface area contributed by atoms with Gasteiger partial charge in [-0.1, -0.05) is 60.7 Å². The zero-order valence-electron chi connectivity index (χ0n) is 15.5. The van der Waals surface area contributed by atoms with Crippen LogP contribution in [0.2, 0.25) is 0 Å². The molecule has 0 fully saturated rings. The molecular formula is C22H27NO3. The van der Waals surface area contributed by atoms with E-state index in [2.05, 4.69) is 36.1 Å². The third-order valence-electron chi connectivity index (χ3n) is 4.46. The van der Waals surface area contributed by atoms with Crippen molar-refractivity contribution in [2.75, 3.05) is 0 Å². The maximum Gasteiger partial charge on any atom is 0.302 e. The number of esters is 1. The van der Waals surface area contributed by atoms with E-state index in [1.54, 1.807) is 0 Å². The molecule has 0 spiro atoms. The predicted octanol–water partition coefficient (Wildman–Crippen LogP) is 3.99. The highest BCUT2D eigenvalue weighted by molar-refractivity contribution is 5.66. The fourth-order valence-electron chi connectivity index (χ4n) is 3.06. The fourth-order valence-corrected chi connectivity index (χ4v) is 3.06. The lowest BCUT2D eigenvalue weighted by atomic mass is 10.0. The second-order valence-corrected chi connectivity index (χ2v) is 6.51. The van der Waals surface area contributed by atoms with Gasteiger partial charge in [0, 0.05) is 32.5 Å². The zero-order valence-corrected chi connectivity index (χ0v) is 15.5. The molecule has 2 rings (SSSR count). The van der Waals surface area contributed by atoms with Crippen LogP contribution in [0.4, 0.5) is 0 Å². The third-order valence-corrected chi connectivity index (χ3v) is 4.46. The predicted molar refractivity (Wildman–Crippen MR) is 102 cm³/mol. The number of benzene rings is 2.